The molecular weight excluding hydrogens is 193 g/mol. The van der Waals surface area contributed by atoms with Crippen LogP contribution < -0.4 is 0 Å². The first-order valence-corrected chi connectivity index (χ1v) is 3.77. The Balaban J connectivity index is 3.22. The summed E-state index contributed by atoms with van der Waals surface area (Å²) in [6.45, 7) is -1.13. The van der Waals surface area contributed by atoms with Crippen molar-refractivity contribution in [3.05, 3.63) is 33.9 Å². The fourth-order valence-electron chi connectivity index (χ4n) is 1.06. The summed E-state index contributed by atoms with van der Waals surface area (Å²) in [4.78, 5) is 9.70. The van der Waals surface area contributed by atoms with E-state index in [1.807, 2.05) is 0 Å². The molecule has 1 aromatic rings. The molecule has 1 aromatic carbocycles. The highest BCUT2D eigenvalue weighted by Crippen LogP contribution is 2.28. The number of hydrogen-bond acceptors (Lipinski definition) is 4. The molecule has 14 heavy (non-hydrogen) atoms. The van der Waals surface area contributed by atoms with Crippen molar-refractivity contribution in [2.45, 2.75) is 6.10 Å². The lowest BCUT2D eigenvalue weighted by atomic mass is 10.1. The number of rotatable bonds is 3. The van der Waals surface area contributed by atoms with Crippen LogP contribution in [0.5, 0.6) is 5.75 Å². The summed E-state index contributed by atoms with van der Waals surface area (Å²) >= 11 is 0. The number of phenolic OH excluding ortho intramolecular Hbond substituents is 1. The highest BCUT2D eigenvalue weighted by Gasteiger charge is 2.20. The Morgan fingerprint density at radius 1 is 1.57 bits per heavy atom. The molecule has 1 atom stereocenters. The van der Waals surface area contributed by atoms with Gasteiger partial charge in [-0.1, -0.05) is 0 Å². The molecule has 0 radical (unpaired) electrons. The van der Waals surface area contributed by atoms with Gasteiger partial charge in [-0.05, 0) is 12.1 Å². The van der Waals surface area contributed by atoms with Crippen LogP contribution in [0.25, 0.3) is 0 Å². The maximum Gasteiger partial charge on any atom is 0.275 e. The second kappa shape index (κ2) is 4.01. The normalized spacial score (nSPS) is 12.4. The molecule has 0 amide bonds. The third kappa shape index (κ3) is 1.97. The van der Waals surface area contributed by atoms with Crippen molar-refractivity contribution in [2.75, 3.05) is 6.67 Å². The minimum atomic E-state index is -1.58. The molecule has 0 aromatic heterocycles. The van der Waals surface area contributed by atoms with Gasteiger partial charge in [0, 0.05) is 6.07 Å². The lowest BCUT2D eigenvalue weighted by Crippen LogP contribution is -2.03. The Kier molecular flexibility index (Phi) is 2.98. The number of aliphatic hydroxyl groups excluding tert-OH is 1. The number of phenols is 1. The van der Waals surface area contributed by atoms with Gasteiger partial charge >= 0.3 is 0 Å². The maximum absolute atomic E-state index is 12.1. The van der Waals surface area contributed by atoms with Crippen molar-refractivity contribution < 1.29 is 19.5 Å². The topological polar surface area (TPSA) is 83.6 Å². The van der Waals surface area contributed by atoms with Gasteiger partial charge in [-0.3, -0.25) is 10.1 Å². The minimum Gasteiger partial charge on any atom is -0.508 e. The highest BCUT2D eigenvalue weighted by molar-refractivity contribution is 5.46. The van der Waals surface area contributed by atoms with E-state index in [1.54, 1.807) is 0 Å². The smallest absolute Gasteiger partial charge is 0.275 e. The minimum absolute atomic E-state index is 0.225. The van der Waals surface area contributed by atoms with Gasteiger partial charge in [0.1, 0.15) is 18.5 Å². The summed E-state index contributed by atoms with van der Waals surface area (Å²) in [7, 11) is 0. The van der Waals surface area contributed by atoms with Crippen LogP contribution in [0.3, 0.4) is 0 Å². The summed E-state index contributed by atoms with van der Waals surface area (Å²) in [5, 5.41) is 28.5. The number of halogens is 1. The van der Waals surface area contributed by atoms with Crippen LogP contribution in [0.15, 0.2) is 18.2 Å². The molecule has 0 saturated carbocycles. The van der Waals surface area contributed by atoms with E-state index in [9.17, 15) is 14.5 Å². The Morgan fingerprint density at radius 3 is 2.71 bits per heavy atom. The predicted molar refractivity (Wildman–Crippen MR) is 45.7 cm³/mol. The molecule has 0 aliphatic heterocycles. The summed E-state index contributed by atoms with van der Waals surface area (Å²) in [6.07, 6.45) is -1.58. The van der Waals surface area contributed by atoms with E-state index in [0.717, 1.165) is 18.2 Å². The van der Waals surface area contributed by atoms with Crippen molar-refractivity contribution in [2.24, 2.45) is 0 Å². The summed E-state index contributed by atoms with van der Waals surface area (Å²) < 4.78 is 12.1. The van der Waals surface area contributed by atoms with Gasteiger partial charge in [0.05, 0.1) is 10.5 Å². The Labute approximate surface area is 78.6 Å². The average molecular weight is 201 g/mol. The van der Waals surface area contributed by atoms with Crippen molar-refractivity contribution in [1.82, 2.24) is 0 Å². The second-order valence-electron chi connectivity index (χ2n) is 2.67. The van der Waals surface area contributed by atoms with E-state index in [1.165, 1.54) is 0 Å². The molecule has 0 bridgehead atoms. The fraction of sp³-hybridized carbons (Fsp3) is 0.250. The quantitative estimate of drug-likeness (QED) is 0.570. The van der Waals surface area contributed by atoms with E-state index in [2.05, 4.69) is 0 Å². The summed E-state index contributed by atoms with van der Waals surface area (Å²) in [6, 6.07) is 3.10. The van der Waals surface area contributed by atoms with E-state index >= 15 is 0 Å². The van der Waals surface area contributed by atoms with E-state index in [0.29, 0.717) is 0 Å². The zero-order valence-electron chi connectivity index (χ0n) is 7.05. The van der Waals surface area contributed by atoms with Gasteiger partial charge in [-0.15, -0.1) is 0 Å². The largest absolute Gasteiger partial charge is 0.508 e. The number of nitro groups is 1. The van der Waals surface area contributed by atoms with Crippen molar-refractivity contribution in [3.8, 4) is 5.75 Å². The Hall–Kier alpha value is -1.69. The van der Waals surface area contributed by atoms with Crippen molar-refractivity contribution >= 4 is 5.69 Å². The number of benzene rings is 1. The van der Waals surface area contributed by atoms with Crippen LogP contribution in [-0.2, 0) is 0 Å². The first-order chi connectivity index (χ1) is 6.56. The van der Waals surface area contributed by atoms with E-state index in [-0.39, 0.29) is 11.3 Å². The molecule has 5 nitrogen and oxygen atoms in total. The van der Waals surface area contributed by atoms with Gasteiger partial charge in [-0.2, -0.15) is 0 Å². The zero-order chi connectivity index (χ0) is 10.7. The maximum atomic E-state index is 12.1. The number of aromatic hydroxyl groups is 1. The van der Waals surface area contributed by atoms with Crippen LogP contribution in [0, 0.1) is 10.1 Å². The molecule has 0 heterocycles. The molecular formula is C8H8FNO4. The fourth-order valence-corrected chi connectivity index (χ4v) is 1.06. The molecule has 0 fully saturated rings. The van der Waals surface area contributed by atoms with Crippen molar-refractivity contribution in [3.63, 3.8) is 0 Å². The highest BCUT2D eigenvalue weighted by atomic mass is 19.1. The van der Waals surface area contributed by atoms with Gasteiger partial charge in [0.25, 0.3) is 5.69 Å². The van der Waals surface area contributed by atoms with Gasteiger partial charge < -0.3 is 10.2 Å². The van der Waals surface area contributed by atoms with Gasteiger partial charge in [0.15, 0.2) is 0 Å². The van der Waals surface area contributed by atoms with Crippen LogP contribution in [-0.4, -0.2) is 21.8 Å². The average Bonchev–Trinajstić information content (AvgIpc) is 2.16. The van der Waals surface area contributed by atoms with E-state index in [4.69, 9.17) is 10.2 Å². The number of nitro benzene ring substituents is 1. The predicted octanol–water partition coefficient (Wildman–Crippen LogP) is 1.30. The van der Waals surface area contributed by atoms with E-state index < -0.39 is 23.4 Å². The van der Waals surface area contributed by atoms with Crippen LogP contribution in [0.1, 0.15) is 11.7 Å². The lowest BCUT2D eigenvalue weighted by Gasteiger charge is -2.07. The van der Waals surface area contributed by atoms with Gasteiger partial charge in [-0.25, -0.2) is 4.39 Å². The van der Waals surface area contributed by atoms with Crippen LogP contribution >= 0.6 is 0 Å². The summed E-state index contributed by atoms with van der Waals surface area (Å²) in [5.41, 5.74) is -0.634. The van der Waals surface area contributed by atoms with Gasteiger partial charge in [0.2, 0.25) is 0 Å². The molecule has 0 spiro atoms. The second-order valence-corrected chi connectivity index (χ2v) is 2.67. The molecule has 0 aliphatic rings. The molecule has 2 N–H and O–H groups in total. The molecule has 1 rings (SSSR count). The Bertz CT molecular complexity index is 355. The monoisotopic (exact) mass is 201 g/mol. The van der Waals surface area contributed by atoms with Crippen LogP contribution in [0.2, 0.25) is 0 Å². The zero-order valence-corrected chi connectivity index (χ0v) is 7.05. The van der Waals surface area contributed by atoms with Crippen molar-refractivity contribution in [1.29, 1.82) is 0 Å². The molecule has 0 aliphatic carbocycles. The molecule has 1 unspecified atom stereocenters. The Morgan fingerprint density at radius 2 is 2.21 bits per heavy atom. The SMILES string of the molecule is O=[N+]([O-])c1ccc(O)cc1C(O)CF. The number of nitrogens with zero attached hydrogens (tertiary/aromatic N) is 1. The first kappa shape index (κ1) is 10.4. The lowest BCUT2D eigenvalue weighted by molar-refractivity contribution is -0.386. The molecule has 76 valence electrons. The number of hydrogen-bond donors (Lipinski definition) is 2. The third-order valence-corrected chi connectivity index (χ3v) is 1.71. The molecule has 0 saturated heterocycles. The molecule has 6 heteroatoms. The first-order valence-electron chi connectivity index (χ1n) is 3.77. The number of alkyl halides is 1. The summed E-state index contributed by atoms with van der Waals surface area (Å²) in [5.74, 6) is -0.252. The van der Waals surface area contributed by atoms with Crippen LogP contribution in [0.4, 0.5) is 10.1 Å². The number of aliphatic hydroxyl groups is 1. The third-order valence-electron chi connectivity index (χ3n) is 1.71. The standard InChI is InChI=1S/C8H8FNO4/c9-4-8(12)6-3-5(11)1-2-7(6)10(13)14/h1-3,8,11-12H,4H2.